The van der Waals surface area contributed by atoms with Crippen LogP contribution in [-0.4, -0.2) is 248 Å². The number of para-hydroxylation sites is 2. The fourth-order valence-electron chi connectivity index (χ4n) is 10.5. The van der Waals surface area contributed by atoms with Gasteiger partial charge in [0, 0.05) is 48.1 Å². The van der Waals surface area contributed by atoms with Gasteiger partial charge in [-0.15, -0.1) is 0 Å². The number of anilines is 1. The van der Waals surface area contributed by atoms with Gasteiger partial charge in [0.15, 0.2) is 5.78 Å². The minimum Gasteiger partial charge on any atom is -0.481 e. The van der Waals surface area contributed by atoms with Crippen molar-refractivity contribution in [1.82, 2.24) is 74.1 Å². The number of primary amides is 1. The molecule has 2 heterocycles. The second-order valence-corrected chi connectivity index (χ2v) is 24.5. The number of rotatable bonds is 27. The predicted octanol–water partition coefficient (Wildman–Crippen LogP) is -8.74. The zero-order chi connectivity index (χ0) is 80.1. The lowest BCUT2D eigenvalue weighted by Gasteiger charge is -2.30. The Bertz CT molecular complexity index is 3880. The molecule has 0 radical (unpaired) electrons. The molecule has 13 atom stereocenters. The molecule has 43 nitrogen and oxygen atoms in total. The molecule has 25 N–H and O–H groups in total. The van der Waals surface area contributed by atoms with Crippen LogP contribution in [-0.2, 0) is 102 Å². The van der Waals surface area contributed by atoms with Crippen molar-refractivity contribution in [2.45, 2.75) is 158 Å². The summed E-state index contributed by atoms with van der Waals surface area (Å²) in [6.07, 6.45) is -8.36. The molecule has 0 spiro atoms. The zero-order valence-electron chi connectivity index (χ0n) is 57.9. The van der Waals surface area contributed by atoms with Gasteiger partial charge in [0.05, 0.1) is 51.8 Å². The number of esters is 1. The predicted molar refractivity (Wildman–Crippen MR) is 363 cm³/mol. The number of nitrogens with one attached hydrogen (secondary N) is 14. The monoisotopic (exact) mass is 1510 g/mol. The van der Waals surface area contributed by atoms with Gasteiger partial charge in [-0.3, -0.25) is 91.1 Å². The van der Waals surface area contributed by atoms with Gasteiger partial charge >= 0.3 is 29.8 Å². The molecule has 0 bridgehead atoms. The van der Waals surface area contributed by atoms with Gasteiger partial charge in [-0.05, 0) is 62.9 Å². The topological polar surface area (TPSA) is 702 Å². The van der Waals surface area contributed by atoms with Crippen LogP contribution in [0, 0.1) is 5.92 Å². The number of hydrogen-bond donors (Lipinski definition) is 22. The van der Waals surface area contributed by atoms with Crippen LogP contribution < -0.4 is 86.3 Å². The van der Waals surface area contributed by atoms with Crippen LogP contribution in [0.15, 0.2) is 54.7 Å². The van der Waals surface area contributed by atoms with Gasteiger partial charge < -0.3 is 122 Å². The number of nitrogens with two attached hydrogens (primary N) is 3. The third-order valence-corrected chi connectivity index (χ3v) is 15.9. The van der Waals surface area contributed by atoms with Crippen LogP contribution in [0.25, 0.3) is 10.9 Å². The van der Waals surface area contributed by atoms with E-state index in [1.54, 1.807) is 24.3 Å². The summed E-state index contributed by atoms with van der Waals surface area (Å²) in [7, 11) is 0. The Hall–Kier alpha value is -12.7. The highest BCUT2D eigenvalue weighted by atomic mass is 16.5. The summed E-state index contributed by atoms with van der Waals surface area (Å²) in [5, 5.41) is 77.8. The number of carboxylic acid groups (broad SMARTS) is 4. The van der Waals surface area contributed by atoms with E-state index in [0.29, 0.717) is 16.5 Å². The number of aliphatic carboxylic acids is 4. The normalized spacial score (nSPS) is 21.9. The summed E-state index contributed by atoms with van der Waals surface area (Å²) in [6, 6.07) is -10.7. The number of aliphatic hydroxyl groups excluding tert-OH is 1. The van der Waals surface area contributed by atoms with E-state index >= 15 is 0 Å². The van der Waals surface area contributed by atoms with Crippen molar-refractivity contribution in [3.8, 4) is 0 Å². The number of ether oxygens (including phenoxy) is 1. The zero-order valence-corrected chi connectivity index (χ0v) is 57.9. The van der Waals surface area contributed by atoms with E-state index in [4.69, 9.17) is 21.9 Å². The van der Waals surface area contributed by atoms with Crippen molar-refractivity contribution >= 4 is 135 Å². The second-order valence-electron chi connectivity index (χ2n) is 24.5. The Morgan fingerprint density at radius 2 is 1.10 bits per heavy atom. The number of H-pyrrole nitrogens is 1. The minimum absolute atomic E-state index is 0.0941. The minimum atomic E-state index is -2.45. The van der Waals surface area contributed by atoms with Crippen LogP contribution in [0.1, 0.15) is 95.0 Å². The van der Waals surface area contributed by atoms with Crippen LogP contribution in [0.3, 0.4) is 0 Å². The number of amides is 14. The van der Waals surface area contributed by atoms with E-state index in [1.807, 2.05) is 21.3 Å². The van der Waals surface area contributed by atoms with Crippen LogP contribution in [0.2, 0.25) is 0 Å². The smallest absolute Gasteiger partial charge is 0.329 e. The highest BCUT2D eigenvalue weighted by molar-refractivity contribution is 6.05. The molecular weight excluding hydrogens is 1420 g/mol. The number of benzene rings is 2. The molecule has 43 heteroatoms. The van der Waals surface area contributed by atoms with E-state index in [9.17, 15) is 121 Å². The summed E-state index contributed by atoms with van der Waals surface area (Å²) in [5.41, 5.74) is 17.9. The highest BCUT2D eigenvalue weighted by Crippen LogP contribution is 2.21. The second kappa shape index (κ2) is 41.6. The van der Waals surface area contributed by atoms with E-state index in [1.165, 1.54) is 30.5 Å². The molecule has 1 aliphatic heterocycles. The molecule has 1 fully saturated rings. The number of aliphatic hydroxyl groups is 1. The maximum absolute atomic E-state index is 14.7. The van der Waals surface area contributed by atoms with Crippen LogP contribution in [0.4, 0.5) is 5.69 Å². The van der Waals surface area contributed by atoms with Gasteiger partial charge in [-0.1, -0.05) is 37.3 Å². The molecule has 582 valence electrons. The maximum Gasteiger partial charge on any atom is 0.329 e. The number of carboxylic acids is 4. The molecule has 1 saturated heterocycles. The number of fused-ring (bicyclic) bond motifs is 1. The van der Waals surface area contributed by atoms with Crippen LogP contribution in [0.5, 0.6) is 0 Å². The Morgan fingerprint density at radius 1 is 0.570 bits per heavy atom. The Labute approximate surface area is 606 Å². The molecule has 4 rings (SSSR count). The van der Waals surface area contributed by atoms with Crippen molar-refractivity contribution in [1.29, 1.82) is 0 Å². The molecule has 0 aliphatic carbocycles. The third-order valence-electron chi connectivity index (χ3n) is 15.9. The van der Waals surface area contributed by atoms with Crippen molar-refractivity contribution in [2.75, 3.05) is 32.0 Å². The molecule has 2 aromatic carbocycles. The number of Topliss-reactive ketones (excluding diaryl/α,β-unsaturated/α-hetero) is 1. The fourth-order valence-corrected chi connectivity index (χ4v) is 10.5. The lowest BCUT2D eigenvalue weighted by atomic mass is 9.96. The van der Waals surface area contributed by atoms with Crippen molar-refractivity contribution < 1.29 is 126 Å². The Balaban J connectivity index is 1.88. The molecule has 3 aromatic rings. The molecule has 1 aromatic heterocycles. The average molecular weight is 1510 g/mol. The highest BCUT2D eigenvalue weighted by Gasteiger charge is 2.41. The average Bonchev–Trinajstić information content (AvgIpc) is 1.44. The standard InChI is InChI=1S/C64H85N17O26/c1-27(16-48(88)89)52-63(105)79-42(18-44(84)33-11-5-7-12-34(33)66)64(106)107-29(3)53(81-60(102)41(22-51(94)95)78-59(101)38(19-45(67)85)76-58(100)37(72-30(4)83)17-31-23-68-35-13-8-6-10-32(31)35)62(104)70-25-46(86)73-36(14-9-15-65)56(98)77-40(21-50(92)93)57(99)71-28(2)54(96)75-39(20-49(90)91)55(97)69-24-47(87)74-43(26-82)61(103)80-52/h5-8,10-13,23,27-29,36-43,52-53,68,82H,9,14-22,24-26,65-66H2,1-4H3,(H2,67,85)(H,69,97)(H,70,104)(H,71,99)(H,72,83)(H,73,86)(H,74,87)(H,75,96)(H,76,100)(H,77,98)(H,78,101)(H,79,105)(H,80,103)(H,81,102)(H,88,89)(H,90,91)(H,92,93)(H,94,95)/t27?,28-,29-,36+,37+,38+,39+,40+,41+,42+,43-,52+,53+/m1/s1. The molecule has 107 heavy (non-hydrogen) atoms. The summed E-state index contributed by atoms with van der Waals surface area (Å²) in [5.74, 6) is -30.0. The van der Waals surface area contributed by atoms with Crippen molar-refractivity contribution in [2.24, 2.45) is 17.4 Å². The van der Waals surface area contributed by atoms with E-state index in [2.05, 4.69) is 52.8 Å². The third kappa shape index (κ3) is 28.1. The van der Waals surface area contributed by atoms with Gasteiger partial charge in [-0.2, -0.15) is 0 Å². The SMILES string of the molecule is CC(=O)N[C@@H](Cc1c[nH]c2ccccc12)C(=O)N[C@@H](CC(N)=O)C(=O)N[C@@H](CC(=O)O)C(=O)N[C@@H]1C(=O)NCC(=O)N[C@@H](CCCN)C(=O)N[C@@H](CC(=O)O)C(=O)N[C@H](C)C(=O)N[C@@H](CC(=O)O)C(=O)NCC(=O)N[C@H](CO)C(=O)N[C@@H](C(C)CC(=O)O)C(=O)N[C@@H](CC(=O)c2ccccc2N)C(=O)O[C@@H]1C. The molecular formula is C64H85N17O26. The van der Waals surface area contributed by atoms with E-state index in [0.717, 1.165) is 27.7 Å². The number of ketones is 1. The first kappa shape index (κ1) is 86.7. The van der Waals surface area contributed by atoms with Gasteiger partial charge in [0.1, 0.15) is 72.6 Å². The number of carbonyl (C=O) groups is 20. The van der Waals surface area contributed by atoms with Crippen molar-refractivity contribution in [3.63, 3.8) is 0 Å². The van der Waals surface area contributed by atoms with Gasteiger partial charge in [0.25, 0.3) is 0 Å². The molecule has 1 aliphatic rings. The molecule has 1 unspecified atom stereocenters. The first-order chi connectivity index (χ1) is 50.3. The first-order valence-electron chi connectivity index (χ1n) is 32.8. The van der Waals surface area contributed by atoms with E-state index in [-0.39, 0.29) is 30.6 Å². The van der Waals surface area contributed by atoms with Crippen LogP contribution >= 0.6 is 0 Å². The molecule has 14 amide bonds. The largest absolute Gasteiger partial charge is 0.481 e. The quantitative estimate of drug-likeness (QED) is 0.0191. The number of aromatic amines is 1. The maximum atomic E-state index is 14.7. The molecule has 0 saturated carbocycles. The Kier molecular flexibility index (Phi) is 33.7. The van der Waals surface area contributed by atoms with Crippen molar-refractivity contribution in [3.05, 3.63) is 65.9 Å². The Morgan fingerprint density at radius 3 is 1.68 bits per heavy atom. The summed E-state index contributed by atoms with van der Waals surface area (Å²) >= 11 is 0. The number of cyclic esters (lactones) is 1. The number of hydrogen-bond acceptors (Lipinski definition) is 24. The van der Waals surface area contributed by atoms with Gasteiger partial charge in [0.2, 0.25) is 82.7 Å². The number of aromatic nitrogens is 1. The number of carbonyl (C=O) groups excluding carboxylic acids is 16. The summed E-state index contributed by atoms with van der Waals surface area (Å²) in [4.78, 5) is 273. The summed E-state index contributed by atoms with van der Waals surface area (Å²) in [6.45, 7) is 0.0906. The first-order valence-corrected chi connectivity index (χ1v) is 32.8. The fraction of sp³-hybridized carbons (Fsp3) is 0.469. The van der Waals surface area contributed by atoms with Gasteiger partial charge in [-0.25, -0.2) is 4.79 Å². The van der Waals surface area contributed by atoms with E-state index < -0.39 is 261 Å². The summed E-state index contributed by atoms with van der Waals surface area (Å²) < 4.78 is 5.64. The lowest BCUT2D eigenvalue weighted by Crippen LogP contribution is -2.62. The number of nitrogen functional groups attached to an aromatic ring is 1. The lowest BCUT2D eigenvalue weighted by molar-refractivity contribution is -0.156.